The average molecular weight is 238 g/mol. The zero-order valence-corrected chi connectivity index (χ0v) is 10.4. The molecule has 0 spiro atoms. The number of anilines is 1. The number of aromatic nitrogens is 1. The molecule has 1 aromatic heterocycles. The molecule has 94 valence electrons. The lowest BCUT2D eigenvalue weighted by atomic mass is 10.2. The van der Waals surface area contributed by atoms with Crippen molar-refractivity contribution in [1.82, 2.24) is 4.98 Å². The Labute approximate surface area is 101 Å². The SMILES string of the molecule is CCc1cc(C(=O)O)cc(NC(C)COC)n1. The van der Waals surface area contributed by atoms with Gasteiger partial charge in [0.15, 0.2) is 0 Å². The molecule has 1 unspecified atom stereocenters. The molecule has 0 saturated heterocycles. The smallest absolute Gasteiger partial charge is 0.335 e. The van der Waals surface area contributed by atoms with E-state index in [2.05, 4.69) is 10.3 Å². The Morgan fingerprint density at radius 1 is 1.59 bits per heavy atom. The van der Waals surface area contributed by atoms with E-state index in [-0.39, 0.29) is 11.6 Å². The second-order valence-corrected chi connectivity index (χ2v) is 3.89. The first kappa shape index (κ1) is 13.4. The number of carbonyl (C=O) groups is 1. The van der Waals surface area contributed by atoms with Gasteiger partial charge in [-0.15, -0.1) is 0 Å². The maximum atomic E-state index is 11.0. The van der Waals surface area contributed by atoms with E-state index in [0.29, 0.717) is 18.8 Å². The molecule has 0 aliphatic rings. The van der Waals surface area contributed by atoms with Crippen molar-refractivity contribution in [2.24, 2.45) is 0 Å². The minimum absolute atomic E-state index is 0.0845. The van der Waals surface area contributed by atoms with Gasteiger partial charge < -0.3 is 15.2 Å². The summed E-state index contributed by atoms with van der Waals surface area (Å²) in [5, 5.41) is 12.1. The Morgan fingerprint density at radius 2 is 2.29 bits per heavy atom. The largest absolute Gasteiger partial charge is 0.478 e. The molecule has 1 atom stereocenters. The lowest BCUT2D eigenvalue weighted by molar-refractivity contribution is 0.0696. The highest BCUT2D eigenvalue weighted by molar-refractivity contribution is 5.88. The minimum atomic E-state index is -0.940. The Kier molecular flexibility index (Phi) is 4.90. The van der Waals surface area contributed by atoms with Crippen molar-refractivity contribution in [3.8, 4) is 0 Å². The summed E-state index contributed by atoms with van der Waals surface area (Å²) < 4.78 is 5.00. The number of rotatable bonds is 6. The van der Waals surface area contributed by atoms with Crippen molar-refractivity contribution in [1.29, 1.82) is 0 Å². The molecule has 0 amide bonds. The van der Waals surface area contributed by atoms with Crippen molar-refractivity contribution in [3.63, 3.8) is 0 Å². The van der Waals surface area contributed by atoms with Crippen molar-refractivity contribution >= 4 is 11.8 Å². The number of carboxylic acid groups (broad SMARTS) is 1. The topological polar surface area (TPSA) is 71.5 Å². The summed E-state index contributed by atoms with van der Waals surface area (Å²) in [6.07, 6.45) is 0.703. The van der Waals surface area contributed by atoms with Crippen molar-refractivity contribution in [2.75, 3.05) is 19.0 Å². The molecule has 0 aliphatic heterocycles. The van der Waals surface area contributed by atoms with Gasteiger partial charge in [0, 0.05) is 18.8 Å². The van der Waals surface area contributed by atoms with Crippen LogP contribution in [-0.2, 0) is 11.2 Å². The maximum absolute atomic E-state index is 11.0. The van der Waals surface area contributed by atoms with Gasteiger partial charge in [0.1, 0.15) is 5.82 Å². The van der Waals surface area contributed by atoms with E-state index in [0.717, 1.165) is 5.69 Å². The highest BCUT2D eigenvalue weighted by Gasteiger charge is 2.09. The number of pyridine rings is 1. The Bertz CT molecular complexity index is 393. The fourth-order valence-electron chi connectivity index (χ4n) is 1.51. The summed E-state index contributed by atoms with van der Waals surface area (Å²) in [4.78, 5) is 15.3. The fourth-order valence-corrected chi connectivity index (χ4v) is 1.51. The van der Waals surface area contributed by atoms with Gasteiger partial charge in [0.05, 0.1) is 12.2 Å². The third-order valence-corrected chi connectivity index (χ3v) is 2.30. The van der Waals surface area contributed by atoms with Crippen molar-refractivity contribution in [3.05, 3.63) is 23.4 Å². The van der Waals surface area contributed by atoms with Crippen LogP contribution in [0.4, 0.5) is 5.82 Å². The van der Waals surface area contributed by atoms with E-state index in [9.17, 15) is 4.79 Å². The van der Waals surface area contributed by atoms with Crippen LogP contribution in [0, 0.1) is 0 Å². The molecule has 5 nitrogen and oxygen atoms in total. The highest BCUT2D eigenvalue weighted by atomic mass is 16.5. The summed E-state index contributed by atoms with van der Waals surface area (Å²) in [5.41, 5.74) is 1.01. The number of hydrogen-bond acceptors (Lipinski definition) is 4. The molecule has 0 bridgehead atoms. The number of hydrogen-bond donors (Lipinski definition) is 2. The number of nitrogens with one attached hydrogen (secondary N) is 1. The monoisotopic (exact) mass is 238 g/mol. The van der Waals surface area contributed by atoms with E-state index >= 15 is 0 Å². The van der Waals surface area contributed by atoms with E-state index in [1.165, 1.54) is 6.07 Å². The third kappa shape index (κ3) is 4.03. The fraction of sp³-hybridized carbons (Fsp3) is 0.500. The highest BCUT2D eigenvalue weighted by Crippen LogP contribution is 2.12. The van der Waals surface area contributed by atoms with Crippen LogP contribution in [-0.4, -0.2) is 35.8 Å². The normalized spacial score (nSPS) is 12.2. The predicted octanol–water partition coefficient (Wildman–Crippen LogP) is 1.79. The van der Waals surface area contributed by atoms with Crippen LogP contribution in [0.3, 0.4) is 0 Å². The van der Waals surface area contributed by atoms with Crippen LogP contribution in [0.15, 0.2) is 12.1 Å². The molecule has 1 aromatic rings. The van der Waals surface area contributed by atoms with E-state index in [1.54, 1.807) is 13.2 Å². The van der Waals surface area contributed by atoms with Gasteiger partial charge in [-0.05, 0) is 25.5 Å². The summed E-state index contributed by atoms with van der Waals surface area (Å²) in [7, 11) is 1.62. The molecule has 17 heavy (non-hydrogen) atoms. The Balaban J connectivity index is 2.90. The summed E-state index contributed by atoms with van der Waals surface area (Å²) in [5.74, 6) is -0.365. The molecule has 0 radical (unpaired) electrons. The molecule has 0 aromatic carbocycles. The Hall–Kier alpha value is -1.62. The van der Waals surface area contributed by atoms with Gasteiger partial charge in [-0.3, -0.25) is 0 Å². The number of aromatic carboxylic acids is 1. The quantitative estimate of drug-likeness (QED) is 0.790. The van der Waals surface area contributed by atoms with Gasteiger partial charge in [0.25, 0.3) is 0 Å². The zero-order valence-electron chi connectivity index (χ0n) is 10.4. The molecule has 1 heterocycles. The predicted molar refractivity (Wildman–Crippen MR) is 65.5 cm³/mol. The molecular formula is C12H18N2O3. The molecule has 0 saturated carbocycles. The molecular weight excluding hydrogens is 220 g/mol. The molecule has 5 heteroatoms. The third-order valence-electron chi connectivity index (χ3n) is 2.30. The lowest BCUT2D eigenvalue weighted by Crippen LogP contribution is -2.22. The standard InChI is InChI=1S/C12H18N2O3/c1-4-10-5-9(12(15)16)6-11(14-10)13-8(2)7-17-3/h5-6,8H,4,7H2,1-3H3,(H,13,14)(H,15,16). The lowest BCUT2D eigenvalue weighted by Gasteiger charge is -2.14. The van der Waals surface area contributed by atoms with Crippen LogP contribution in [0.2, 0.25) is 0 Å². The van der Waals surface area contributed by atoms with Crippen LogP contribution < -0.4 is 5.32 Å². The first-order valence-electron chi connectivity index (χ1n) is 5.56. The van der Waals surface area contributed by atoms with Crippen molar-refractivity contribution < 1.29 is 14.6 Å². The number of carboxylic acids is 1. The molecule has 1 rings (SSSR count). The number of ether oxygens (including phenoxy) is 1. The van der Waals surface area contributed by atoms with E-state index < -0.39 is 5.97 Å². The van der Waals surface area contributed by atoms with E-state index in [4.69, 9.17) is 9.84 Å². The minimum Gasteiger partial charge on any atom is -0.478 e. The second kappa shape index (κ2) is 6.20. The first-order valence-corrected chi connectivity index (χ1v) is 5.56. The van der Waals surface area contributed by atoms with Crippen LogP contribution in [0.25, 0.3) is 0 Å². The van der Waals surface area contributed by atoms with Crippen LogP contribution in [0.1, 0.15) is 29.9 Å². The summed E-state index contributed by atoms with van der Waals surface area (Å²) in [6.45, 7) is 4.43. The van der Waals surface area contributed by atoms with Crippen LogP contribution in [0.5, 0.6) is 0 Å². The first-order chi connectivity index (χ1) is 8.06. The maximum Gasteiger partial charge on any atom is 0.335 e. The molecule has 0 fully saturated rings. The Morgan fingerprint density at radius 3 is 2.82 bits per heavy atom. The van der Waals surface area contributed by atoms with Gasteiger partial charge in [-0.2, -0.15) is 0 Å². The molecule has 2 N–H and O–H groups in total. The number of nitrogens with zero attached hydrogens (tertiary/aromatic N) is 1. The van der Waals surface area contributed by atoms with E-state index in [1.807, 2.05) is 13.8 Å². The van der Waals surface area contributed by atoms with Gasteiger partial charge in [-0.25, -0.2) is 9.78 Å². The van der Waals surface area contributed by atoms with Gasteiger partial charge in [-0.1, -0.05) is 6.92 Å². The van der Waals surface area contributed by atoms with Crippen LogP contribution >= 0.6 is 0 Å². The average Bonchev–Trinajstić information content (AvgIpc) is 2.28. The van der Waals surface area contributed by atoms with Crippen molar-refractivity contribution in [2.45, 2.75) is 26.3 Å². The summed E-state index contributed by atoms with van der Waals surface area (Å²) in [6, 6.07) is 3.21. The zero-order chi connectivity index (χ0) is 12.8. The van der Waals surface area contributed by atoms with Gasteiger partial charge in [0.2, 0.25) is 0 Å². The number of methoxy groups -OCH3 is 1. The molecule has 0 aliphatic carbocycles. The second-order valence-electron chi connectivity index (χ2n) is 3.89. The summed E-state index contributed by atoms with van der Waals surface area (Å²) >= 11 is 0. The number of aryl methyl sites for hydroxylation is 1. The van der Waals surface area contributed by atoms with Gasteiger partial charge >= 0.3 is 5.97 Å².